The minimum atomic E-state index is -0.416. The van der Waals surface area contributed by atoms with Crippen LogP contribution in [0.4, 0.5) is 0 Å². The quantitative estimate of drug-likeness (QED) is 0.568. The Labute approximate surface area is 80.8 Å². The first-order chi connectivity index (χ1) is 6.08. The molecule has 2 rings (SSSR count). The maximum absolute atomic E-state index is 10.6. The van der Waals surface area contributed by atoms with E-state index in [0.717, 1.165) is 32.1 Å². The van der Waals surface area contributed by atoms with Crippen LogP contribution in [0, 0.1) is 5.41 Å². The van der Waals surface area contributed by atoms with Crippen LogP contribution in [-0.4, -0.2) is 10.7 Å². The first-order valence-corrected chi connectivity index (χ1v) is 5.49. The molecule has 13 heavy (non-hydrogen) atoms. The average molecular weight is 180 g/mol. The van der Waals surface area contributed by atoms with Crippen molar-refractivity contribution in [3.05, 3.63) is 12.2 Å². The van der Waals surface area contributed by atoms with Crippen molar-refractivity contribution < 1.29 is 5.11 Å². The predicted molar refractivity (Wildman–Crippen MR) is 54.5 cm³/mol. The van der Waals surface area contributed by atoms with E-state index >= 15 is 0 Å². The lowest BCUT2D eigenvalue weighted by Crippen LogP contribution is -2.51. The van der Waals surface area contributed by atoms with Crippen molar-refractivity contribution in [1.82, 2.24) is 0 Å². The Balaban J connectivity index is 2.32. The van der Waals surface area contributed by atoms with E-state index in [-0.39, 0.29) is 5.41 Å². The lowest BCUT2D eigenvalue weighted by molar-refractivity contribution is -0.105. The predicted octanol–water partition coefficient (Wildman–Crippen LogP) is 3.04. The molecule has 0 heterocycles. The summed E-state index contributed by atoms with van der Waals surface area (Å²) in [6, 6.07) is 0. The van der Waals surface area contributed by atoms with Crippen molar-refractivity contribution in [2.45, 2.75) is 57.5 Å². The third kappa shape index (κ3) is 1.17. The van der Waals surface area contributed by atoms with Crippen LogP contribution < -0.4 is 0 Å². The number of hydrogen-bond acceptors (Lipinski definition) is 1. The fourth-order valence-electron chi connectivity index (χ4n) is 3.18. The standard InChI is InChI=1S/C12H20O/c1-10-6-5-9-12(13)8-4-3-7-11(10,12)2/h13H,1,3-9H2,2H3/t11-,12+/m0/s1. The molecule has 2 saturated carbocycles. The van der Waals surface area contributed by atoms with Gasteiger partial charge >= 0.3 is 0 Å². The molecule has 0 radical (unpaired) electrons. The van der Waals surface area contributed by atoms with Gasteiger partial charge in [-0.15, -0.1) is 0 Å². The van der Waals surface area contributed by atoms with Crippen LogP contribution in [0.2, 0.25) is 0 Å². The summed E-state index contributed by atoms with van der Waals surface area (Å²) in [5.74, 6) is 0. The Morgan fingerprint density at radius 1 is 1.15 bits per heavy atom. The molecule has 0 unspecified atom stereocenters. The molecule has 0 amide bonds. The Hall–Kier alpha value is -0.300. The van der Waals surface area contributed by atoms with Crippen molar-refractivity contribution >= 4 is 0 Å². The van der Waals surface area contributed by atoms with Crippen molar-refractivity contribution in [2.75, 3.05) is 0 Å². The van der Waals surface area contributed by atoms with E-state index in [1.807, 2.05) is 0 Å². The minimum Gasteiger partial charge on any atom is -0.389 e. The van der Waals surface area contributed by atoms with Gasteiger partial charge in [-0.3, -0.25) is 0 Å². The number of rotatable bonds is 0. The first kappa shape index (κ1) is 9.26. The largest absolute Gasteiger partial charge is 0.389 e. The Morgan fingerprint density at radius 2 is 1.77 bits per heavy atom. The maximum Gasteiger partial charge on any atom is 0.0738 e. The van der Waals surface area contributed by atoms with Gasteiger partial charge in [-0.25, -0.2) is 0 Å². The molecule has 1 nitrogen and oxygen atoms in total. The molecular formula is C12H20O. The van der Waals surface area contributed by atoms with Gasteiger partial charge in [-0.1, -0.05) is 31.9 Å². The van der Waals surface area contributed by atoms with E-state index in [4.69, 9.17) is 0 Å². The normalized spacial score (nSPS) is 45.8. The molecule has 2 atom stereocenters. The average Bonchev–Trinajstić information content (AvgIpc) is 2.09. The smallest absolute Gasteiger partial charge is 0.0738 e. The highest BCUT2D eigenvalue weighted by molar-refractivity contribution is 5.21. The lowest BCUT2D eigenvalue weighted by Gasteiger charge is -2.53. The van der Waals surface area contributed by atoms with Crippen LogP contribution in [0.15, 0.2) is 12.2 Å². The van der Waals surface area contributed by atoms with E-state index in [1.165, 1.54) is 18.4 Å². The second-order valence-electron chi connectivity index (χ2n) is 5.03. The van der Waals surface area contributed by atoms with Crippen molar-refractivity contribution in [2.24, 2.45) is 5.41 Å². The number of aliphatic hydroxyl groups is 1. The highest BCUT2D eigenvalue weighted by Crippen LogP contribution is 2.54. The van der Waals surface area contributed by atoms with Crippen LogP contribution in [0.3, 0.4) is 0 Å². The van der Waals surface area contributed by atoms with Crippen molar-refractivity contribution in [3.8, 4) is 0 Å². The van der Waals surface area contributed by atoms with Gasteiger partial charge in [0.05, 0.1) is 5.60 Å². The molecule has 0 aliphatic heterocycles. The Bertz CT molecular complexity index is 229. The van der Waals surface area contributed by atoms with Gasteiger partial charge in [0.15, 0.2) is 0 Å². The molecule has 1 heteroatoms. The topological polar surface area (TPSA) is 20.2 Å². The second-order valence-corrected chi connectivity index (χ2v) is 5.03. The summed E-state index contributed by atoms with van der Waals surface area (Å²) in [5, 5.41) is 10.6. The van der Waals surface area contributed by atoms with E-state index < -0.39 is 5.60 Å². The van der Waals surface area contributed by atoms with Gasteiger partial charge in [-0.2, -0.15) is 0 Å². The third-order valence-corrected chi connectivity index (χ3v) is 4.39. The van der Waals surface area contributed by atoms with E-state index in [1.54, 1.807) is 0 Å². The molecule has 2 aliphatic carbocycles. The zero-order valence-electron chi connectivity index (χ0n) is 8.60. The molecule has 0 bridgehead atoms. The summed E-state index contributed by atoms with van der Waals surface area (Å²) in [5.41, 5.74) is 0.908. The van der Waals surface area contributed by atoms with Gasteiger partial charge < -0.3 is 5.11 Å². The van der Waals surface area contributed by atoms with Gasteiger partial charge in [0, 0.05) is 5.41 Å². The summed E-state index contributed by atoms with van der Waals surface area (Å²) >= 11 is 0. The summed E-state index contributed by atoms with van der Waals surface area (Å²) in [7, 11) is 0. The lowest BCUT2D eigenvalue weighted by atomic mass is 9.56. The van der Waals surface area contributed by atoms with Crippen molar-refractivity contribution in [1.29, 1.82) is 0 Å². The van der Waals surface area contributed by atoms with E-state index in [9.17, 15) is 5.11 Å². The first-order valence-electron chi connectivity index (χ1n) is 5.49. The molecule has 0 spiro atoms. The summed E-state index contributed by atoms with van der Waals surface area (Å²) in [4.78, 5) is 0. The molecular weight excluding hydrogens is 160 g/mol. The van der Waals surface area contributed by atoms with Gasteiger partial charge in [0.2, 0.25) is 0 Å². The molecule has 0 aromatic carbocycles. The monoisotopic (exact) mass is 180 g/mol. The van der Waals surface area contributed by atoms with Crippen LogP contribution in [0.25, 0.3) is 0 Å². The second kappa shape index (κ2) is 2.84. The van der Waals surface area contributed by atoms with Crippen molar-refractivity contribution in [3.63, 3.8) is 0 Å². The van der Waals surface area contributed by atoms with Gasteiger partial charge in [0.1, 0.15) is 0 Å². The fraction of sp³-hybridized carbons (Fsp3) is 0.833. The minimum absolute atomic E-state index is 0.0312. The summed E-state index contributed by atoms with van der Waals surface area (Å²) < 4.78 is 0. The molecule has 74 valence electrons. The number of hydrogen-bond donors (Lipinski definition) is 1. The molecule has 2 fully saturated rings. The number of fused-ring (bicyclic) bond motifs is 1. The molecule has 0 aromatic rings. The van der Waals surface area contributed by atoms with Crippen LogP contribution in [0.1, 0.15) is 51.9 Å². The van der Waals surface area contributed by atoms with Gasteiger partial charge in [0.25, 0.3) is 0 Å². The summed E-state index contributed by atoms with van der Waals surface area (Å²) in [6.45, 7) is 6.37. The fourth-order valence-corrected chi connectivity index (χ4v) is 3.18. The van der Waals surface area contributed by atoms with Crippen LogP contribution in [0.5, 0.6) is 0 Å². The molecule has 0 aromatic heterocycles. The van der Waals surface area contributed by atoms with E-state index in [2.05, 4.69) is 13.5 Å². The highest BCUT2D eigenvalue weighted by atomic mass is 16.3. The molecule has 2 aliphatic rings. The Kier molecular flexibility index (Phi) is 2.03. The zero-order valence-corrected chi connectivity index (χ0v) is 8.60. The molecule has 0 saturated heterocycles. The SMILES string of the molecule is C=C1CCC[C@]2(O)CCCC[C@@]12C. The maximum atomic E-state index is 10.6. The zero-order chi connectivity index (χ0) is 9.53. The van der Waals surface area contributed by atoms with Crippen LogP contribution >= 0.6 is 0 Å². The van der Waals surface area contributed by atoms with E-state index in [0.29, 0.717) is 0 Å². The Morgan fingerprint density at radius 3 is 2.46 bits per heavy atom. The van der Waals surface area contributed by atoms with Gasteiger partial charge in [-0.05, 0) is 32.1 Å². The third-order valence-electron chi connectivity index (χ3n) is 4.39. The highest BCUT2D eigenvalue weighted by Gasteiger charge is 2.51. The summed E-state index contributed by atoms with van der Waals surface area (Å²) in [6.07, 6.45) is 7.83. The van der Waals surface area contributed by atoms with Crippen LogP contribution in [-0.2, 0) is 0 Å². The molecule has 1 N–H and O–H groups in total.